The van der Waals surface area contributed by atoms with Gasteiger partial charge < -0.3 is 9.47 Å². The molecule has 1 aromatic heterocycles. The molecule has 1 aromatic rings. The van der Waals surface area contributed by atoms with Crippen LogP contribution in [0.15, 0.2) is 18.8 Å². The summed E-state index contributed by atoms with van der Waals surface area (Å²) in [6.07, 6.45) is 1.85. The average molecular weight is 237 g/mol. The molecule has 0 unspecified atom stereocenters. The standard InChI is InChI=1S/C12H19N3O2/c1-11(2)15-4-3-12(13-15)17-10-7-14-5-8-16-9-6-14/h3-4H,1,5-10H2,2H3. The molecule has 0 aliphatic carbocycles. The summed E-state index contributed by atoms with van der Waals surface area (Å²) in [5.41, 5.74) is 0.882. The zero-order valence-electron chi connectivity index (χ0n) is 10.3. The van der Waals surface area contributed by atoms with Gasteiger partial charge >= 0.3 is 0 Å². The largest absolute Gasteiger partial charge is 0.475 e. The SMILES string of the molecule is C=C(C)n1ccc(OCCN2CCOCC2)n1. The normalized spacial score (nSPS) is 17.0. The van der Waals surface area contributed by atoms with Crippen molar-refractivity contribution in [2.45, 2.75) is 6.92 Å². The van der Waals surface area contributed by atoms with E-state index in [1.807, 2.05) is 19.2 Å². The number of hydrogen-bond donors (Lipinski definition) is 0. The van der Waals surface area contributed by atoms with Gasteiger partial charge in [-0.2, -0.15) is 0 Å². The molecular weight excluding hydrogens is 218 g/mol. The lowest BCUT2D eigenvalue weighted by molar-refractivity contribution is 0.0320. The van der Waals surface area contributed by atoms with Crippen molar-refractivity contribution in [1.82, 2.24) is 14.7 Å². The zero-order chi connectivity index (χ0) is 12.1. The molecule has 0 aromatic carbocycles. The number of aromatic nitrogens is 2. The summed E-state index contributed by atoms with van der Waals surface area (Å²) in [4.78, 5) is 2.33. The van der Waals surface area contributed by atoms with Crippen LogP contribution in [0.3, 0.4) is 0 Å². The third kappa shape index (κ3) is 3.57. The summed E-state index contributed by atoms with van der Waals surface area (Å²) in [5, 5.41) is 4.24. The summed E-state index contributed by atoms with van der Waals surface area (Å²) in [7, 11) is 0. The van der Waals surface area contributed by atoms with Crippen LogP contribution in [0.4, 0.5) is 0 Å². The zero-order valence-corrected chi connectivity index (χ0v) is 10.3. The molecule has 0 atom stereocenters. The third-order valence-corrected chi connectivity index (χ3v) is 2.72. The van der Waals surface area contributed by atoms with Crippen LogP contribution in [-0.4, -0.2) is 54.1 Å². The Bertz CT molecular complexity index is 370. The van der Waals surface area contributed by atoms with Gasteiger partial charge in [-0.15, -0.1) is 5.10 Å². The van der Waals surface area contributed by atoms with Gasteiger partial charge in [-0.3, -0.25) is 4.90 Å². The smallest absolute Gasteiger partial charge is 0.233 e. The fourth-order valence-corrected chi connectivity index (χ4v) is 1.70. The highest BCUT2D eigenvalue weighted by Gasteiger charge is 2.10. The average Bonchev–Trinajstić information content (AvgIpc) is 2.79. The van der Waals surface area contributed by atoms with E-state index in [9.17, 15) is 0 Å². The van der Waals surface area contributed by atoms with Gasteiger partial charge in [0.05, 0.1) is 13.2 Å². The van der Waals surface area contributed by atoms with Crippen LogP contribution in [0.2, 0.25) is 0 Å². The molecule has 1 aliphatic heterocycles. The van der Waals surface area contributed by atoms with Crippen LogP contribution < -0.4 is 4.74 Å². The highest BCUT2D eigenvalue weighted by molar-refractivity contribution is 5.36. The molecule has 1 saturated heterocycles. The van der Waals surface area contributed by atoms with Gasteiger partial charge in [0, 0.05) is 37.6 Å². The molecule has 0 spiro atoms. The molecule has 94 valence electrons. The van der Waals surface area contributed by atoms with Crippen molar-refractivity contribution in [1.29, 1.82) is 0 Å². The molecular formula is C12H19N3O2. The lowest BCUT2D eigenvalue weighted by atomic mass is 10.4. The first kappa shape index (κ1) is 12.1. The van der Waals surface area contributed by atoms with Crippen molar-refractivity contribution in [3.05, 3.63) is 18.8 Å². The molecule has 2 heterocycles. The maximum atomic E-state index is 5.58. The first-order valence-electron chi connectivity index (χ1n) is 5.90. The Labute approximate surface area is 102 Å². The Balaban J connectivity index is 1.71. The summed E-state index contributed by atoms with van der Waals surface area (Å²) >= 11 is 0. The lowest BCUT2D eigenvalue weighted by Gasteiger charge is -2.26. The molecule has 1 aliphatic rings. The van der Waals surface area contributed by atoms with Crippen molar-refractivity contribution in [2.24, 2.45) is 0 Å². The second-order valence-corrected chi connectivity index (χ2v) is 4.14. The van der Waals surface area contributed by atoms with E-state index in [1.165, 1.54) is 0 Å². The van der Waals surface area contributed by atoms with Crippen molar-refractivity contribution in [2.75, 3.05) is 39.5 Å². The fraction of sp³-hybridized carbons (Fsp3) is 0.583. The first-order valence-corrected chi connectivity index (χ1v) is 5.90. The summed E-state index contributed by atoms with van der Waals surface area (Å²) in [5.74, 6) is 0.654. The molecule has 1 fully saturated rings. The topological polar surface area (TPSA) is 39.5 Å². The molecule has 0 amide bonds. The van der Waals surface area contributed by atoms with Crippen molar-refractivity contribution in [3.8, 4) is 5.88 Å². The van der Waals surface area contributed by atoms with E-state index in [4.69, 9.17) is 9.47 Å². The van der Waals surface area contributed by atoms with Crippen molar-refractivity contribution in [3.63, 3.8) is 0 Å². The molecule has 17 heavy (non-hydrogen) atoms. The van der Waals surface area contributed by atoms with E-state index in [0.29, 0.717) is 12.5 Å². The number of rotatable bonds is 5. The van der Waals surface area contributed by atoms with Gasteiger partial charge in [0.2, 0.25) is 5.88 Å². The maximum absolute atomic E-state index is 5.58. The summed E-state index contributed by atoms with van der Waals surface area (Å²) in [6.45, 7) is 10.9. The quantitative estimate of drug-likeness (QED) is 0.768. The first-order chi connectivity index (χ1) is 8.25. The monoisotopic (exact) mass is 237 g/mol. The number of allylic oxidation sites excluding steroid dienone is 1. The van der Waals surface area contributed by atoms with Gasteiger partial charge in [-0.05, 0) is 6.92 Å². The van der Waals surface area contributed by atoms with Gasteiger partial charge in [-0.25, -0.2) is 4.68 Å². The van der Waals surface area contributed by atoms with Crippen LogP contribution >= 0.6 is 0 Å². The predicted octanol–water partition coefficient (Wildman–Crippen LogP) is 1.08. The molecule has 0 bridgehead atoms. The number of nitrogens with zero attached hydrogens (tertiary/aromatic N) is 3. The minimum Gasteiger partial charge on any atom is -0.475 e. The van der Waals surface area contributed by atoms with Crippen molar-refractivity contribution < 1.29 is 9.47 Å². The van der Waals surface area contributed by atoms with E-state index in [2.05, 4.69) is 16.6 Å². The Kier molecular flexibility index (Phi) is 4.17. The Hall–Kier alpha value is -1.33. The predicted molar refractivity (Wildman–Crippen MR) is 66.0 cm³/mol. The number of hydrogen-bond acceptors (Lipinski definition) is 4. The lowest BCUT2D eigenvalue weighted by Crippen LogP contribution is -2.38. The highest BCUT2D eigenvalue weighted by atomic mass is 16.5. The Morgan fingerprint density at radius 2 is 2.29 bits per heavy atom. The van der Waals surface area contributed by atoms with E-state index in [1.54, 1.807) is 4.68 Å². The number of ether oxygens (including phenoxy) is 2. The molecule has 5 heteroatoms. The fourth-order valence-electron chi connectivity index (χ4n) is 1.70. The highest BCUT2D eigenvalue weighted by Crippen LogP contribution is 2.08. The molecule has 5 nitrogen and oxygen atoms in total. The van der Waals surface area contributed by atoms with Crippen molar-refractivity contribution >= 4 is 5.70 Å². The van der Waals surface area contributed by atoms with Crippen LogP contribution in [0.25, 0.3) is 5.70 Å². The maximum Gasteiger partial charge on any atom is 0.233 e. The second kappa shape index (κ2) is 5.84. The van der Waals surface area contributed by atoms with Gasteiger partial charge in [0.1, 0.15) is 6.61 Å². The van der Waals surface area contributed by atoms with Gasteiger partial charge in [-0.1, -0.05) is 6.58 Å². The van der Waals surface area contributed by atoms with Gasteiger partial charge in [0.25, 0.3) is 0 Å². The summed E-state index contributed by atoms with van der Waals surface area (Å²) in [6, 6.07) is 1.86. The molecule has 0 saturated carbocycles. The van der Waals surface area contributed by atoms with Crippen LogP contribution in [0.5, 0.6) is 5.88 Å². The Morgan fingerprint density at radius 1 is 1.53 bits per heavy atom. The van der Waals surface area contributed by atoms with Crippen LogP contribution in [0, 0.1) is 0 Å². The summed E-state index contributed by atoms with van der Waals surface area (Å²) < 4.78 is 12.6. The van der Waals surface area contributed by atoms with E-state index >= 15 is 0 Å². The van der Waals surface area contributed by atoms with E-state index in [0.717, 1.165) is 38.5 Å². The van der Waals surface area contributed by atoms with Crippen LogP contribution in [-0.2, 0) is 4.74 Å². The minimum absolute atomic E-state index is 0.654. The molecule has 2 rings (SSSR count). The second-order valence-electron chi connectivity index (χ2n) is 4.14. The molecule has 0 radical (unpaired) electrons. The number of morpholine rings is 1. The minimum atomic E-state index is 0.654. The van der Waals surface area contributed by atoms with E-state index < -0.39 is 0 Å². The van der Waals surface area contributed by atoms with Crippen LogP contribution in [0.1, 0.15) is 6.92 Å². The van der Waals surface area contributed by atoms with E-state index in [-0.39, 0.29) is 0 Å². The molecule has 0 N–H and O–H groups in total. The Morgan fingerprint density at radius 3 is 2.94 bits per heavy atom. The third-order valence-electron chi connectivity index (χ3n) is 2.72. The van der Waals surface area contributed by atoms with Gasteiger partial charge in [0.15, 0.2) is 0 Å².